The van der Waals surface area contributed by atoms with Crippen LogP contribution in [0.4, 0.5) is 11.4 Å². The van der Waals surface area contributed by atoms with Gasteiger partial charge in [0, 0.05) is 50.4 Å². The van der Waals surface area contributed by atoms with Crippen molar-refractivity contribution in [2.24, 2.45) is 0 Å². The van der Waals surface area contributed by atoms with Gasteiger partial charge in [0.05, 0.1) is 0 Å². The number of hydrogen-bond acceptors (Lipinski definition) is 3. The summed E-state index contributed by atoms with van der Waals surface area (Å²) < 4.78 is 0. The molecule has 19 heavy (non-hydrogen) atoms. The molecule has 0 radical (unpaired) electrons. The molecule has 2 fully saturated rings. The quantitative estimate of drug-likeness (QED) is 0.815. The second kappa shape index (κ2) is 4.87. The molecule has 1 aromatic carbocycles. The molecule has 0 spiro atoms. The van der Waals surface area contributed by atoms with Crippen LogP contribution < -0.4 is 9.80 Å². The Morgan fingerprint density at radius 2 is 1.63 bits per heavy atom. The average molecular weight is 258 g/mol. The fraction of sp³-hybridized carbons (Fsp3) is 0.562. The molecule has 2 atom stereocenters. The number of rotatable bonds is 2. The molecule has 102 valence electrons. The molecule has 2 unspecified atom stereocenters. The summed E-state index contributed by atoms with van der Waals surface area (Å²) in [5, 5.41) is 0. The lowest BCUT2D eigenvalue weighted by Crippen LogP contribution is -2.52. The van der Waals surface area contributed by atoms with Gasteiger partial charge >= 0.3 is 0 Å². The highest BCUT2D eigenvalue weighted by atomic mass is 16.1. The summed E-state index contributed by atoms with van der Waals surface area (Å²) in [4.78, 5) is 16.4. The van der Waals surface area contributed by atoms with Crippen molar-refractivity contribution in [1.82, 2.24) is 0 Å². The van der Waals surface area contributed by atoms with Crippen molar-refractivity contribution in [3.8, 4) is 0 Å². The van der Waals surface area contributed by atoms with Crippen LogP contribution in [0.3, 0.4) is 0 Å². The predicted molar refractivity (Wildman–Crippen MR) is 78.9 cm³/mol. The highest BCUT2D eigenvalue weighted by Crippen LogP contribution is 2.36. The SMILES string of the molecule is CN(C)c1ccc(N2C3CCCC2CC(=O)C3)cc1. The van der Waals surface area contributed by atoms with E-state index in [1.807, 2.05) is 0 Å². The first kappa shape index (κ1) is 12.5. The van der Waals surface area contributed by atoms with Crippen molar-refractivity contribution in [3.05, 3.63) is 24.3 Å². The molecule has 1 aromatic rings. The fourth-order valence-corrected chi connectivity index (χ4v) is 3.52. The first-order valence-electron chi connectivity index (χ1n) is 7.22. The minimum absolute atomic E-state index is 0.435. The first-order chi connectivity index (χ1) is 9.15. The topological polar surface area (TPSA) is 23.6 Å². The molecule has 2 aliphatic heterocycles. The van der Waals surface area contributed by atoms with Gasteiger partial charge in [-0.05, 0) is 43.5 Å². The van der Waals surface area contributed by atoms with Crippen molar-refractivity contribution in [1.29, 1.82) is 0 Å². The van der Waals surface area contributed by atoms with Gasteiger partial charge in [-0.25, -0.2) is 0 Å². The van der Waals surface area contributed by atoms with E-state index >= 15 is 0 Å². The van der Waals surface area contributed by atoms with E-state index in [0.29, 0.717) is 17.9 Å². The second-order valence-electron chi connectivity index (χ2n) is 6.00. The Bertz CT molecular complexity index is 450. The maximum atomic E-state index is 11.8. The molecule has 0 amide bonds. The smallest absolute Gasteiger partial charge is 0.137 e. The van der Waals surface area contributed by atoms with E-state index in [-0.39, 0.29) is 0 Å². The summed E-state index contributed by atoms with van der Waals surface area (Å²) in [6.07, 6.45) is 5.09. The van der Waals surface area contributed by atoms with Gasteiger partial charge in [-0.3, -0.25) is 4.79 Å². The Hall–Kier alpha value is -1.51. The number of carbonyl (C=O) groups excluding carboxylic acids is 1. The molecule has 0 saturated carbocycles. The van der Waals surface area contributed by atoms with E-state index in [1.165, 1.54) is 17.8 Å². The number of fused-ring (bicyclic) bond motifs is 2. The Morgan fingerprint density at radius 1 is 1.05 bits per heavy atom. The molecule has 3 heteroatoms. The summed E-state index contributed by atoms with van der Waals surface area (Å²) in [6.45, 7) is 0. The lowest BCUT2D eigenvalue weighted by Gasteiger charge is -2.47. The van der Waals surface area contributed by atoms with Gasteiger partial charge in [-0.2, -0.15) is 0 Å². The zero-order valence-electron chi connectivity index (χ0n) is 11.8. The van der Waals surface area contributed by atoms with E-state index < -0.39 is 0 Å². The summed E-state index contributed by atoms with van der Waals surface area (Å²) in [7, 11) is 4.12. The summed E-state index contributed by atoms with van der Waals surface area (Å²) in [5.41, 5.74) is 2.51. The first-order valence-corrected chi connectivity index (χ1v) is 7.22. The summed E-state index contributed by atoms with van der Waals surface area (Å²) in [5.74, 6) is 0.455. The summed E-state index contributed by atoms with van der Waals surface area (Å²) >= 11 is 0. The highest BCUT2D eigenvalue weighted by molar-refractivity contribution is 5.82. The van der Waals surface area contributed by atoms with Gasteiger partial charge in [0.15, 0.2) is 0 Å². The van der Waals surface area contributed by atoms with E-state index in [9.17, 15) is 4.79 Å². The van der Waals surface area contributed by atoms with Crippen LogP contribution in [0.25, 0.3) is 0 Å². The van der Waals surface area contributed by atoms with Crippen LogP contribution in [-0.4, -0.2) is 32.0 Å². The minimum atomic E-state index is 0.435. The molecule has 3 rings (SSSR count). The van der Waals surface area contributed by atoms with Crippen LogP contribution in [0.1, 0.15) is 32.1 Å². The number of carbonyl (C=O) groups is 1. The normalized spacial score (nSPS) is 26.4. The third kappa shape index (κ3) is 2.34. The van der Waals surface area contributed by atoms with Gasteiger partial charge in [-0.1, -0.05) is 0 Å². The van der Waals surface area contributed by atoms with E-state index in [4.69, 9.17) is 0 Å². The molecule has 0 aliphatic carbocycles. The molecule has 0 N–H and O–H groups in total. The van der Waals surface area contributed by atoms with Crippen LogP contribution in [0.2, 0.25) is 0 Å². The van der Waals surface area contributed by atoms with E-state index in [1.54, 1.807) is 0 Å². The maximum Gasteiger partial charge on any atom is 0.137 e. The average Bonchev–Trinajstić information content (AvgIpc) is 2.37. The van der Waals surface area contributed by atoms with Crippen molar-refractivity contribution >= 4 is 17.2 Å². The number of nitrogens with zero attached hydrogens (tertiary/aromatic N) is 2. The molecular formula is C16H22N2O. The number of Topliss-reactive ketones (excluding diaryl/α,β-unsaturated/α-hetero) is 1. The number of hydrogen-bond donors (Lipinski definition) is 0. The molecule has 2 bridgehead atoms. The maximum absolute atomic E-state index is 11.8. The van der Waals surface area contributed by atoms with Gasteiger partial charge < -0.3 is 9.80 Å². The zero-order chi connectivity index (χ0) is 13.4. The Kier molecular flexibility index (Phi) is 3.21. The lowest BCUT2D eigenvalue weighted by atomic mass is 9.83. The van der Waals surface area contributed by atoms with Crippen LogP contribution in [0, 0.1) is 0 Å². The standard InChI is InChI=1S/C16H22N2O/c1-17(2)12-6-8-13(9-7-12)18-14-4-3-5-15(18)11-16(19)10-14/h6-9,14-15H,3-5,10-11H2,1-2H3. The monoisotopic (exact) mass is 258 g/mol. The number of anilines is 2. The van der Waals surface area contributed by atoms with Crippen LogP contribution in [0.15, 0.2) is 24.3 Å². The van der Waals surface area contributed by atoms with Crippen LogP contribution in [0.5, 0.6) is 0 Å². The highest BCUT2D eigenvalue weighted by Gasteiger charge is 2.37. The Balaban J connectivity index is 1.86. The van der Waals surface area contributed by atoms with Gasteiger partial charge in [0.2, 0.25) is 0 Å². The second-order valence-corrected chi connectivity index (χ2v) is 6.00. The predicted octanol–water partition coefficient (Wildman–Crippen LogP) is 2.84. The lowest BCUT2D eigenvalue weighted by molar-refractivity contribution is -0.121. The zero-order valence-corrected chi connectivity index (χ0v) is 11.8. The molecule has 0 aromatic heterocycles. The number of piperidine rings is 2. The van der Waals surface area contributed by atoms with Gasteiger partial charge in [0.1, 0.15) is 5.78 Å². The summed E-state index contributed by atoms with van der Waals surface area (Å²) in [6, 6.07) is 9.62. The van der Waals surface area contributed by atoms with Crippen molar-refractivity contribution in [2.45, 2.75) is 44.2 Å². The number of ketones is 1. The third-order valence-electron chi connectivity index (χ3n) is 4.45. The van der Waals surface area contributed by atoms with Crippen LogP contribution >= 0.6 is 0 Å². The third-order valence-corrected chi connectivity index (χ3v) is 4.45. The molecular weight excluding hydrogens is 236 g/mol. The van der Waals surface area contributed by atoms with Crippen molar-refractivity contribution in [3.63, 3.8) is 0 Å². The molecule has 2 heterocycles. The molecule has 2 saturated heterocycles. The fourth-order valence-electron chi connectivity index (χ4n) is 3.52. The van der Waals surface area contributed by atoms with E-state index in [2.05, 4.69) is 48.2 Å². The molecule has 2 aliphatic rings. The molecule has 3 nitrogen and oxygen atoms in total. The van der Waals surface area contributed by atoms with Gasteiger partial charge in [0.25, 0.3) is 0 Å². The Morgan fingerprint density at radius 3 is 2.16 bits per heavy atom. The van der Waals surface area contributed by atoms with Crippen LogP contribution in [-0.2, 0) is 4.79 Å². The van der Waals surface area contributed by atoms with Gasteiger partial charge in [-0.15, -0.1) is 0 Å². The Labute approximate surface area is 115 Å². The van der Waals surface area contributed by atoms with Crippen molar-refractivity contribution in [2.75, 3.05) is 23.9 Å². The largest absolute Gasteiger partial charge is 0.378 e. The van der Waals surface area contributed by atoms with Crippen molar-refractivity contribution < 1.29 is 4.79 Å². The van der Waals surface area contributed by atoms with E-state index in [0.717, 1.165) is 25.7 Å². The number of benzene rings is 1. The minimum Gasteiger partial charge on any atom is -0.378 e.